The first-order chi connectivity index (χ1) is 31.0. The minimum absolute atomic E-state index is 0.0274. The van der Waals surface area contributed by atoms with E-state index in [4.69, 9.17) is 15.2 Å². The van der Waals surface area contributed by atoms with Crippen molar-refractivity contribution in [2.24, 2.45) is 5.73 Å². The van der Waals surface area contributed by atoms with Gasteiger partial charge >= 0.3 is 24.3 Å². The van der Waals surface area contributed by atoms with Crippen LogP contribution in [0.3, 0.4) is 0 Å². The second-order valence-corrected chi connectivity index (χ2v) is 14.0. The fourth-order valence-corrected chi connectivity index (χ4v) is 6.25. The van der Waals surface area contributed by atoms with Crippen molar-refractivity contribution < 1.29 is 60.1 Å². The van der Waals surface area contributed by atoms with E-state index in [1.165, 1.54) is 54.2 Å². The molecule has 0 saturated carbocycles. The minimum Gasteiger partial charge on any atom is -0.457 e. The number of benzene rings is 4. The highest BCUT2D eigenvalue weighted by atomic mass is 19.3. The zero-order chi connectivity index (χ0) is 46.3. The van der Waals surface area contributed by atoms with Crippen molar-refractivity contribution in [3.05, 3.63) is 144 Å². The number of aryl methyl sites for hydroxylation is 2. The second kappa shape index (κ2) is 18.9. The summed E-state index contributed by atoms with van der Waals surface area (Å²) in [5.41, 5.74) is 9.06. The molecule has 0 radical (unpaired) electrons. The summed E-state index contributed by atoms with van der Waals surface area (Å²) >= 11 is 0. The average molecular weight is 899 g/mol. The molecule has 334 valence electrons. The molecule has 3 heterocycles. The van der Waals surface area contributed by atoms with E-state index in [0.29, 0.717) is 17.2 Å². The highest BCUT2D eigenvalue weighted by Gasteiger charge is 2.66. The number of rotatable bonds is 10. The van der Waals surface area contributed by atoms with Crippen LogP contribution in [0.25, 0.3) is 0 Å². The second-order valence-electron chi connectivity index (χ2n) is 14.0. The number of primary amides is 1. The summed E-state index contributed by atoms with van der Waals surface area (Å²) in [5, 5.41) is 12.6. The van der Waals surface area contributed by atoms with Crippen molar-refractivity contribution in [3.63, 3.8) is 0 Å². The standard InChI is InChI=1S/C23H22N4O3.C21H13F5N4O5/c1-24-22(28)21-14-20(11-12-25-21)30-19-9-7-17(8-10-19)26-23(29)27-18-6-5-15-3-2-4-16(15)13-18;22-13-8-11(33-12-5-6-28-15(9-12)18(27)31)2-3-14(13)30-19(32)29-10-1-4-16-17(7-10)35-21(25,26)20(23,24)34-16/h5-14H,2-4H2,1H3,(H,24,28)(H2,26,27,29);1-9H,(H2,27,31)(H2,29,30,32). The molecule has 16 nitrogen and oxygen atoms in total. The number of ether oxygens (including phenoxy) is 4. The van der Waals surface area contributed by atoms with E-state index in [1.807, 2.05) is 12.1 Å². The van der Waals surface area contributed by atoms with Crippen LogP contribution >= 0.6 is 0 Å². The number of fused-ring (bicyclic) bond motifs is 2. The van der Waals surface area contributed by atoms with Crippen molar-refractivity contribution in [2.45, 2.75) is 31.5 Å². The van der Waals surface area contributed by atoms with E-state index in [1.54, 1.807) is 43.4 Å². The van der Waals surface area contributed by atoms with Gasteiger partial charge in [-0.05, 0) is 103 Å². The number of aromatic nitrogens is 2. The van der Waals surface area contributed by atoms with Gasteiger partial charge in [-0.2, -0.15) is 17.6 Å². The number of nitrogens with one attached hydrogen (secondary N) is 5. The lowest BCUT2D eigenvalue weighted by Gasteiger charge is -2.31. The maximum Gasteiger partial charge on any atom is 0.507 e. The molecule has 0 saturated heterocycles. The molecule has 1 aliphatic heterocycles. The molecular weight excluding hydrogens is 864 g/mol. The van der Waals surface area contributed by atoms with Crippen molar-refractivity contribution in [1.82, 2.24) is 15.3 Å². The minimum atomic E-state index is -4.93. The fraction of sp³-hybridized carbons (Fsp3) is 0.136. The molecule has 0 atom stereocenters. The summed E-state index contributed by atoms with van der Waals surface area (Å²) in [6, 6.07) is 23.9. The third-order valence-electron chi connectivity index (χ3n) is 9.32. The topological polar surface area (TPSA) is 217 Å². The lowest BCUT2D eigenvalue weighted by molar-refractivity contribution is -0.391. The van der Waals surface area contributed by atoms with Gasteiger partial charge in [-0.3, -0.25) is 19.6 Å². The Kier molecular flexibility index (Phi) is 12.9. The van der Waals surface area contributed by atoms with Gasteiger partial charge in [0.1, 0.15) is 40.2 Å². The largest absolute Gasteiger partial charge is 0.507 e. The molecule has 0 unspecified atom stereocenters. The monoisotopic (exact) mass is 898 g/mol. The number of carbonyl (C=O) groups is 4. The Morgan fingerprint density at radius 2 is 1.14 bits per heavy atom. The van der Waals surface area contributed by atoms with Gasteiger partial charge < -0.3 is 51.3 Å². The molecule has 2 aliphatic rings. The van der Waals surface area contributed by atoms with Crippen LogP contribution in [0, 0.1) is 5.82 Å². The lowest BCUT2D eigenvalue weighted by Crippen LogP contribution is -2.52. The molecule has 2 aromatic heterocycles. The zero-order valence-electron chi connectivity index (χ0n) is 33.7. The Morgan fingerprint density at radius 1 is 0.600 bits per heavy atom. The number of pyridine rings is 2. The van der Waals surface area contributed by atoms with E-state index in [-0.39, 0.29) is 46.2 Å². The molecule has 0 bridgehead atoms. The average Bonchev–Trinajstić information content (AvgIpc) is 3.74. The van der Waals surface area contributed by atoms with Gasteiger partial charge in [-0.15, -0.1) is 0 Å². The summed E-state index contributed by atoms with van der Waals surface area (Å²) < 4.78 is 86.7. The number of nitrogens with two attached hydrogens (primary N) is 1. The molecule has 0 spiro atoms. The van der Waals surface area contributed by atoms with Gasteiger partial charge in [-0.1, -0.05) is 6.07 Å². The summed E-state index contributed by atoms with van der Waals surface area (Å²) in [6.07, 6.45) is -3.66. The normalized spacial score (nSPS) is 13.7. The quantitative estimate of drug-likeness (QED) is 0.0717. The number of urea groups is 2. The fourth-order valence-electron chi connectivity index (χ4n) is 6.25. The smallest absolute Gasteiger partial charge is 0.457 e. The number of hydrogen-bond acceptors (Lipinski definition) is 10. The third kappa shape index (κ3) is 11.1. The number of nitrogens with zero attached hydrogens (tertiary/aromatic N) is 2. The van der Waals surface area contributed by atoms with Crippen molar-refractivity contribution in [3.8, 4) is 34.5 Å². The Hall–Kier alpha value is -8.49. The first-order valence-electron chi connectivity index (χ1n) is 19.3. The van der Waals surface area contributed by atoms with E-state index in [9.17, 15) is 41.1 Å². The lowest BCUT2D eigenvalue weighted by atomic mass is 10.1. The third-order valence-corrected chi connectivity index (χ3v) is 9.32. The number of alkyl halides is 4. The number of hydrogen-bond donors (Lipinski definition) is 6. The van der Waals surface area contributed by atoms with Crippen LogP contribution in [-0.2, 0) is 12.8 Å². The van der Waals surface area contributed by atoms with E-state index < -0.39 is 41.5 Å². The molecule has 6 amide bonds. The van der Waals surface area contributed by atoms with Gasteiger partial charge in [0.05, 0.1) is 5.69 Å². The predicted octanol–water partition coefficient (Wildman–Crippen LogP) is 9.08. The van der Waals surface area contributed by atoms with Gasteiger partial charge in [-0.25, -0.2) is 14.0 Å². The number of halogens is 5. The molecule has 8 rings (SSSR count). The van der Waals surface area contributed by atoms with Crippen molar-refractivity contribution in [1.29, 1.82) is 0 Å². The molecule has 0 fully saturated rings. The number of anilines is 4. The van der Waals surface area contributed by atoms with E-state index in [0.717, 1.165) is 42.8 Å². The Balaban J connectivity index is 0.000000196. The molecule has 7 N–H and O–H groups in total. The maximum absolute atomic E-state index is 14.4. The highest BCUT2D eigenvalue weighted by molar-refractivity contribution is 6.00. The number of amides is 6. The summed E-state index contributed by atoms with van der Waals surface area (Å²) in [7, 11) is 1.55. The molecule has 4 aromatic carbocycles. The summed E-state index contributed by atoms with van der Waals surface area (Å²) in [5.74, 6) is -2.09. The Morgan fingerprint density at radius 3 is 1.82 bits per heavy atom. The van der Waals surface area contributed by atoms with Crippen molar-refractivity contribution >= 4 is 46.6 Å². The maximum atomic E-state index is 14.4. The van der Waals surface area contributed by atoms with Crippen LogP contribution in [0.15, 0.2) is 116 Å². The Labute approximate surface area is 365 Å². The predicted molar refractivity (Wildman–Crippen MR) is 225 cm³/mol. The van der Waals surface area contributed by atoms with Crippen LogP contribution in [0.5, 0.6) is 34.5 Å². The number of carbonyl (C=O) groups excluding carboxylic acids is 4. The summed E-state index contributed by atoms with van der Waals surface area (Å²) in [4.78, 5) is 55.1. The van der Waals surface area contributed by atoms with Gasteiger partial charge in [0, 0.05) is 60.8 Å². The molecule has 65 heavy (non-hydrogen) atoms. The Bertz CT molecular complexity index is 2780. The first kappa shape index (κ1) is 44.6. The van der Waals surface area contributed by atoms with Gasteiger partial charge in [0.2, 0.25) is 0 Å². The zero-order valence-corrected chi connectivity index (χ0v) is 33.7. The molecule has 6 aromatic rings. The van der Waals surface area contributed by atoms with Crippen LogP contribution in [0.1, 0.15) is 38.5 Å². The molecule has 21 heteroatoms. The van der Waals surface area contributed by atoms with Crippen LogP contribution in [0.2, 0.25) is 0 Å². The van der Waals surface area contributed by atoms with E-state index in [2.05, 4.69) is 52.1 Å². The van der Waals surface area contributed by atoms with Crippen molar-refractivity contribution in [2.75, 3.05) is 28.3 Å². The molecular formula is C44H35F5N8O8. The summed E-state index contributed by atoms with van der Waals surface area (Å²) in [6.45, 7) is 0. The van der Waals surface area contributed by atoms with Gasteiger partial charge in [0.25, 0.3) is 11.8 Å². The van der Waals surface area contributed by atoms with Crippen LogP contribution in [0.4, 0.5) is 54.3 Å². The van der Waals surface area contributed by atoms with Crippen LogP contribution in [-0.4, -0.2) is 53.1 Å². The SMILES string of the molecule is CNC(=O)c1cc(Oc2ccc(NC(=O)Nc3ccc4c(c3)CCC4)cc2)ccn1.NC(=O)c1cc(Oc2ccc(NC(=O)Nc3ccc4c(c3)OC(F)(F)C(F)(F)O4)c(F)c2)ccn1. The van der Waals surface area contributed by atoms with E-state index >= 15 is 0 Å². The highest BCUT2D eigenvalue weighted by Crippen LogP contribution is 2.47. The van der Waals surface area contributed by atoms with Crippen LogP contribution < -0.4 is 51.3 Å². The first-order valence-corrected chi connectivity index (χ1v) is 19.3. The molecule has 1 aliphatic carbocycles. The van der Waals surface area contributed by atoms with Gasteiger partial charge in [0.15, 0.2) is 11.5 Å².